The largest absolute Gasteiger partial charge is 0.380 e. The van der Waals surface area contributed by atoms with Crippen LogP contribution in [0, 0.1) is 0 Å². The zero-order valence-electron chi connectivity index (χ0n) is 10.2. The number of piperidine rings is 1. The Labute approximate surface area is 120 Å². The van der Waals surface area contributed by atoms with Crippen LogP contribution >= 0.6 is 27.5 Å². The number of likely N-dealkylation sites (tertiary alicyclic amines) is 1. The van der Waals surface area contributed by atoms with E-state index in [1.807, 2.05) is 4.90 Å². The summed E-state index contributed by atoms with van der Waals surface area (Å²) in [5.74, 6) is 0.0196. The standard InChI is InChI=1S/C13H15BrClNO2/c1-18-10-3-2-6-16(8-10)13(17)9-4-5-11(14)12(15)7-9/h4-5,7,10H,2-3,6,8H2,1H3. The van der Waals surface area contributed by atoms with E-state index in [1.54, 1.807) is 25.3 Å². The number of nitrogens with zero attached hydrogens (tertiary/aromatic N) is 1. The number of carbonyl (C=O) groups is 1. The van der Waals surface area contributed by atoms with E-state index < -0.39 is 0 Å². The van der Waals surface area contributed by atoms with Crippen molar-refractivity contribution in [3.8, 4) is 0 Å². The highest BCUT2D eigenvalue weighted by Crippen LogP contribution is 2.24. The lowest BCUT2D eigenvalue weighted by atomic mass is 10.1. The lowest BCUT2D eigenvalue weighted by Crippen LogP contribution is -2.42. The van der Waals surface area contributed by atoms with Crippen LogP contribution in [0.2, 0.25) is 5.02 Å². The molecule has 0 spiro atoms. The number of methoxy groups -OCH3 is 1. The number of ether oxygens (including phenoxy) is 1. The maximum absolute atomic E-state index is 12.3. The van der Waals surface area contributed by atoms with Crippen LogP contribution < -0.4 is 0 Å². The predicted octanol–water partition coefficient (Wildman–Crippen LogP) is 3.35. The molecule has 0 saturated carbocycles. The van der Waals surface area contributed by atoms with E-state index in [-0.39, 0.29) is 12.0 Å². The zero-order chi connectivity index (χ0) is 13.1. The second-order valence-electron chi connectivity index (χ2n) is 4.38. The van der Waals surface area contributed by atoms with Gasteiger partial charge in [0.25, 0.3) is 5.91 Å². The van der Waals surface area contributed by atoms with Crippen LogP contribution in [0.3, 0.4) is 0 Å². The molecule has 3 nitrogen and oxygen atoms in total. The fourth-order valence-electron chi connectivity index (χ4n) is 2.13. The smallest absolute Gasteiger partial charge is 0.253 e. The van der Waals surface area contributed by atoms with Gasteiger partial charge in [0.15, 0.2) is 0 Å². The quantitative estimate of drug-likeness (QED) is 0.831. The molecule has 1 aromatic rings. The van der Waals surface area contributed by atoms with Crippen molar-refractivity contribution in [3.05, 3.63) is 33.3 Å². The molecule has 1 atom stereocenters. The van der Waals surface area contributed by atoms with Gasteiger partial charge in [-0.15, -0.1) is 0 Å². The highest BCUT2D eigenvalue weighted by molar-refractivity contribution is 9.10. The van der Waals surface area contributed by atoms with Gasteiger partial charge in [-0.25, -0.2) is 0 Å². The molecule has 5 heteroatoms. The van der Waals surface area contributed by atoms with Gasteiger partial charge in [0, 0.05) is 30.2 Å². The molecule has 1 unspecified atom stereocenters. The Kier molecular flexibility index (Phi) is 4.65. The average Bonchev–Trinajstić information content (AvgIpc) is 2.41. The number of rotatable bonds is 2. The number of carbonyl (C=O) groups excluding carboxylic acids is 1. The van der Waals surface area contributed by atoms with E-state index in [0.717, 1.165) is 23.9 Å². The van der Waals surface area contributed by atoms with Crippen molar-refractivity contribution in [3.63, 3.8) is 0 Å². The summed E-state index contributed by atoms with van der Waals surface area (Å²) >= 11 is 9.33. The Balaban J connectivity index is 2.12. The molecule has 0 aromatic heterocycles. The van der Waals surface area contributed by atoms with Gasteiger partial charge in [0.2, 0.25) is 0 Å². The Morgan fingerprint density at radius 1 is 1.56 bits per heavy atom. The van der Waals surface area contributed by atoms with Gasteiger partial charge >= 0.3 is 0 Å². The van der Waals surface area contributed by atoms with Gasteiger partial charge in [-0.05, 0) is 47.0 Å². The first kappa shape index (κ1) is 13.8. The van der Waals surface area contributed by atoms with Gasteiger partial charge in [-0.3, -0.25) is 4.79 Å². The first-order valence-electron chi connectivity index (χ1n) is 5.89. The minimum absolute atomic E-state index is 0.0196. The summed E-state index contributed by atoms with van der Waals surface area (Å²) in [6, 6.07) is 5.28. The van der Waals surface area contributed by atoms with E-state index in [9.17, 15) is 4.79 Å². The maximum Gasteiger partial charge on any atom is 0.253 e. The van der Waals surface area contributed by atoms with Crippen LogP contribution in [0.4, 0.5) is 0 Å². The third-order valence-electron chi connectivity index (χ3n) is 3.17. The number of benzene rings is 1. The van der Waals surface area contributed by atoms with Crippen molar-refractivity contribution < 1.29 is 9.53 Å². The highest BCUT2D eigenvalue weighted by atomic mass is 79.9. The lowest BCUT2D eigenvalue weighted by molar-refractivity contribution is 0.0269. The summed E-state index contributed by atoms with van der Waals surface area (Å²) in [7, 11) is 1.69. The maximum atomic E-state index is 12.3. The van der Waals surface area contributed by atoms with Crippen LogP contribution in [-0.4, -0.2) is 37.1 Å². The minimum atomic E-state index is 0.0196. The highest BCUT2D eigenvalue weighted by Gasteiger charge is 2.24. The molecule has 0 radical (unpaired) electrons. The Hall–Kier alpha value is -0.580. The van der Waals surface area contributed by atoms with E-state index in [1.165, 1.54) is 0 Å². The van der Waals surface area contributed by atoms with Gasteiger partial charge in [0.1, 0.15) is 0 Å². The number of amides is 1. The molecule has 1 aliphatic rings. The summed E-state index contributed by atoms with van der Waals surface area (Å²) < 4.78 is 6.12. The lowest BCUT2D eigenvalue weighted by Gasteiger charge is -2.32. The van der Waals surface area contributed by atoms with Crippen LogP contribution in [0.1, 0.15) is 23.2 Å². The first-order valence-corrected chi connectivity index (χ1v) is 7.06. The Bertz CT molecular complexity index is 453. The monoisotopic (exact) mass is 331 g/mol. The molecule has 0 aliphatic carbocycles. The normalized spacial score (nSPS) is 19.9. The third-order valence-corrected chi connectivity index (χ3v) is 4.40. The molecule has 1 heterocycles. The fraction of sp³-hybridized carbons (Fsp3) is 0.462. The second kappa shape index (κ2) is 6.04. The summed E-state index contributed by atoms with van der Waals surface area (Å²) in [5.41, 5.74) is 0.625. The van der Waals surface area contributed by atoms with Crippen molar-refractivity contribution in [2.75, 3.05) is 20.2 Å². The van der Waals surface area contributed by atoms with Gasteiger partial charge in [-0.2, -0.15) is 0 Å². The SMILES string of the molecule is COC1CCCN(C(=O)c2ccc(Br)c(Cl)c2)C1. The summed E-state index contributed by atoms with van der Waals surface area (Å²) in [6.45, 7) is 1.44. The molecule has 2 rings (SSSR count). The van der Waals surface area contributed by atoms with Crippen molar-refractivity contribution >= 4 is 33.4 Å². The third kappa shape index (κ3) is 3.05. The number of hydrogen-bond donors (Lipinski definition) is 0. The van der Waals surface area contributed by atoms with E-state index >= 15 is 0 Å². The second-order valence-corrected chi connectivity index (χ2v) is 5.64. The fourth-order valence-corrected chi connectivity index (χ4v) is 2.55. The Morgan fingerprint density at radius 2 is 2.33 bits per heavy atom. The van der Waals surface area contributed by atoms with E-state index in [4.69, 9.17) is 16.3 Å². The van der Waals surface area contributed by atoms with Gasteiger partial charge in [-0.1, -0.05) is 11.6 Å². The molecule has 0 bridgehead atoms. The van der Waals surface area contributed by atoms with Crippen molar-refractivity contribution in [1.29, 1.82) is 0 Å². The van der Waals surface area contributed by atoms with Crippen LogP contribution in [-0.2, 0) is 4.74 Å². The van der Waals surface area contributed by atoms with Crippen LogP contribution in [0.25, 0.3) is 0 Å². The van der Waals surface area contributed by atoms with Crippen LogP contribution in [0.5, 0.6) is 0 Å². The van der Waals surface area contributed by atoms with E-state index in [2.05, 4.69) is 15.9 Å². The molecule has 1 aliphatic heterocycles. The molecular formula is C13H15BrClNO2. The molecule has 1 saturated heterocycles. The molecule has 98 valence electrons. The predicted molar refractivity (Wildman–Crippen MR) is 75.1 cm³/mol. The average molecular weight is 333 g/mol. The summed E-state index contributed by atoms with van der Waals surface area (Å²) in [6.07, 6.45) is 2.14. The van der Waals surface area contributed by atoms with Crippen molar-refractivity contribution in [2.24, 2.45) is 0 Å². The molecule has 0 N–H and O–H groups in total. The molecule has 1 fully saturated rings. The van der Waals surface area contributed by atoms with Crippen LogP contribution in [0.15, 0.2) is 22.7 Å². The zero-order valence-corrected chi connectivity index (χ0v) is 12.5. The van der Waals surface area contributed by atoms with Gasteiger partial charge in [0.05, 0.1) is 11.1 Å². The Morgan fingerprint density at radius 3 is 3.00 bits per heavy atom. The molecule has 18 heavy (non-hydrogen) atoms. The number of halogens is 2. The van der Waals surface area contributed by atoms with Gasteiger partial charge < -0.3 is 9.64 Å². The molecular weight excluding hydrogens is 318 g/mol. The van der Waals surface area contributed by atoms with Crippen molar-refractivity contribution in [2.45, 2.75) is 18.9 Å². The summed E-state index contributed by atoms with van der Waals surface area (Å²) in [5, 5.41) is 0.557. The number of hydrogen-bond acceptors (Lipinski definition) is 2. The minimum Gasteiger partial charge on any atom is -0.380 e. The molecule has 1 aromatic carbocycles. The van der Waals surface area contributed by atoms with E-state index in [0.29, 0.717) is 17.1 Å². The van der Waals surface area contributed by atoms with Crippen molar-refractivity contribution in [1.82, 2.24) is 4.90 Å². The first-order chi connectivity index (χ1) is 8.61. The molecule has 1 amide bonds. The topological polar surface area (TPSA) is 29.5 Å². The summed E-state index contributed by atoms with van der Waals surface area (Å²) in [4.78, 5) is 14.2.